The Kier molecular flexibility index (Phi) is 6.70. The topological polar surface area (TPSA) is 57.5 Å². The molecule has 1 atom stereocenters. The Balaban J connectivity index is 1.58. The summed E-state index contributed by atoms with van der Waals surface area (Å²) in [6, 6.07) is 9.02. The van der Waals surface area contributed by atoms with Gasteiger partial charge in [0.25, 0.3) is 0 Å². The molecule has 1 aliphatic rings. The van der Waals surface area contributed by atoms with Crippen LogP contribution in [0, 0.1) is 13.8 Å². The molecule has 0 spiro atoms. The zero-order valence-corrected chi connectivity index (χ0v) is 16.9. The molecule has 0 aliphatic carbocycles. The third kappa shape index (κ3) is 4.91. The van der Waals surface area contributed by atoms with E-state index in [4.69, 9.17) is 21.1 Å². The van der Waals surface area contributed by atoms with Crippen LogP contribution in [0.1, 0.15) is 40.2 Å². The van der Waals surface area contributed by atoms with Gasteiger partial charge in [-0.05, 0) is 50.5 Å². The minimum atomic E-state index is -0.582. The van der Waals surface area contributed by atoms with Gasteiger partial charge in [-0.25, -0.2) is 4.79 Å². The molecule has 0 saturated carbocycles. The Morgan fingerprint density at radius 3 is 2.82 bits per heavy atom. The van der Waals surface area contributed by atoms with E-state index in [2.05, 4.69) is 4.57 Å². The van der Waals surface area contributed by atoms with Gasteiger partial charge in [-0.2, -0.15) is 0 Å². The van der Waals surface area contributed by atoms with Gasteiger partial charge in [0.05, 0.1) is 6.10 Å². The summed E-state index contributed by atoms with van der Waals surface area (Å²) >= 11 is 6.04. The summed E-state index contributed by atoms with van der Waals surface area (Å²) in [5.74, 6) is -0.799. The number of Topliss-reactive ketones (excluding diaryl/α,β-unsaturated/α-hetero) is 1. The van der Waals surface area contributed by atoms with Crippen LogP contribution in [0.3, 0.4) is 0 Å². The molecule has 1 fully saturated rings. The molecule has 6 heteroatoms. The van der Waals surface area contributed by atoms with Gasteiger partial charge < -0.3 is 14.0 Å². The SMILES string of the molecule is Cc1cc(C(=O)COC(=O)C=Cc2ccccc2Cl)c(C)n1CC1CCCO1. The van der Waals surface area contributed by atoms with Gasteiger partial charge in [0, 0.05) is 41.2 Å². The highest BCUT2D eigenvalue weighted by molar-refractivity contribution is 6.32. The molecule has 2 heterocycles. The van der Waals surface area contributed by atoms with E-state index >= 15 is 0 Å². The summed E-state index contributed by atoms with van der Waals surface area (Å²) in [4.78, 5) is 24.5. The van der Waals surface area contributed by atoms with Crippen LogP contribution in [-0.4, -0.2) is 35.6 Å². The lowest BCUT2D eigenvalue weighted by Gasteiger charge is -2.14. The van der Waals surface area contributed by atoms with Crippen molar-refractivity contribution in [3.8, 4) is 0 Å². The number of esters is 1. The molecule has 1 saturated heterocycles. The van der Waals surface area contributed by atoms with Crippen molar-refractivity contribution in [2.24, 2.45) is 0 Å². The normalized spacial score (nSPS) is 16.6. The number of carbonyl (C=O) groups excluding carboxylic acids is 2. The summed E-state index contributed by atoms with van der Waals surface area (Å²) < 4.78 is 12.9. The van der Waals surface area contributed by atoms with Crippen molar-refractivity contribution in [1.82, 2.24) is 4.57 Å². The predicted octanol–water partition coefficient (Wildman–Crippen LogP) is 4.38. The molecule has 1 aliphatic heterocycles. The Labute approximate surface area is 169 Å². The van der Waals surface area contributed by atoms with Gasteiger partial charge in [-0.15, -0.1) is 0 Å². The van der Waals surface area contributed by atoms with E-state index in [1.54, 1.807) is 18.2 Å². The molecule has 0 N–H and O–H groups in total. The van der Waals surface area contributed by atoms with Gasteiger partial charge in [0.1, 0.15) is 0 Å². The fraction of sp³-hybridized carbons (Fsp3) is 0.364. The average Bonchev–Trinajstić information content (AvgIpc) is 3.29. The van der Waals surface area contributed by atoms with Crippen molar-refractivity contribution < 1.29 is 19.1 Å². The number of nitrogens with zero attached hydrogens (tertiary/aromatic N) is 1. The number of hydrogen-bond acceptors (Lipinski definition) is 4. The van der Waals surface area contributed by atoms with Crippen LogP contribution in [-0.2, 0) is 20.8 Å². The Morgan fingerprint density at radius 1 is 1.32 bits per heavy atom. The van der Waals surface area contributed by atoms with E-state index in [9.17, 15) is 9.59 Å². The van der Waals surface area contributed by atoms with Gasteiger partial charge in [-0.1, -0.05) is 29.8 Å². The monoisotopic (exact) mass is 401 g/mol. The van der Waals surface area contributed by atoms with Crippen molar-refractivity contribution in [1.29, 1.82) is 0 Å². The van der Waals surface area contributed by atoms with Crippen molar-refractivity contribution in [2.45, 2.75) is 39.3 Å². The van der Waals surface area contributed by atoms with Gasteiger partial charge in [0.15, 0.2) is 6.61 Å². The first kappa shape index (κ1) is 20.4. The fourth-order valence-electron chi connectivity index (χ4n) is 3.39. The van der Waals surface area contributed by atoms with Crippen LogP contribution >= 0.6 is 11.6 Å². The minimum absolute atomic E-state index is 0.195. The number of aryl methyl sites for hydroxylation is 1. The van der Waals surface area contributed by atoms with Crippen LogP contribution in [0.4, 0.5) is 0 Å². The van der Waals surface area contributed by atoms with Crippen LogP contribution in [0.15, 0.2) is 36.4 Å². The van der Waals surface area contributed by atoms with E-state index < -0.39 is 5.97 Å². The maximum atomic E-state index is 12.5. The summed E-state index contributed by atoms with van der Waals surface area (Å²) in [6.45, 7) is 5.13. The van der Waals surface area contributed by atoms with E-state index in [0.29, 0.717) is 16.1 Å². The number of ketones is 1. The number of aromatic nitrogens is 1. The standard InChI is InChI=1S/C22H24ClNO4/c1-15-12-19(16(2)24(15)13-18-7-5-11-27-18)21(25)14-28-22(26)10-9-17-6-3-4-8-20(17)23/h3-4,6,8-10,12,18H,5,7,11,13-14H2,1-2H3. The third-order valence-corrected chi connectivity index (χ3v) is 5.28. The van der Waals surface area contributed by atoms with E-state index in [-0.39, 0.29) is 18.5 Å². The summed E-state index contributed by atoms with van der Waals surface area (Å²) in [7, 11) is 0. The van der Waals surface area contributed by atoms with E-state index in [1.807, 2.05) is 32.0 Å². The lowest BCUT2D eigenvalue weighted by molar-refractivity contribution is -0.136. The molecule has 0 bridgehead atoms. The molecular formula is C22H24ClNO4. The quantitative estimate of drug-likeness (QED) is 0.392. The smallest absolute Gasteiger partial charge is 0.331 e. The molecule has 148 valence electrons. The first-order valence-electron chi connectivity index (χ1n) is 9.36. The van der Waals surface area contributed by atoms with E-state index in [1.165, 1.54) is 6.08 Å². The summed E-state index contributed by atoms with van der Waals surface area (Å²) in [5.41, 5.74) is 3.17. The molecule has 2 aromatic rings. The average molecular weight is 402 g/mol. The largest absolute Gasteiger partial charge is 0.454 e. The van der Waals surface area contributed by atoms with Crippen LogP contribution in [0.2, 0.25) is 5.02 Å². The Morgan fingerprint density at radius 2 is 2.11 bits per heavy atom. The maximum absolute atomic E-state index is 12.5. The van der Waals surface area contributed by atoms with Crippen molar-refractivity contribution in [2.75, 3.05) is 13.2 Å². The summed E-state index contributed by atoms with van der Waals surface area (Å²) in [5, 5.41) is 0.543. The van der Waals surface area contributed by atoms with Gasteiger partial charge in [0.2, 0.25) is 5.78 Å². The second-order valence-electron chi connectivity index (χ2n) is 6.92. The van der Waals surface area contributed by atoms with Crippen molar-refractivity contribution in [3.05, 3.63) is 63.9 Å². The predicted molar refractivity (Wildman–Crippen MR) is 109 cm³/mol. The molecule has 0 radical (unpaired) electrons. The lowest BCUT2D eigenvalue weighted by Crippen LogP contribution is -2.18. The van der Waals surface area contributed by atoms with Crippen LogP contribution < -0.4 is 0 Å². The molecule has 1 unspecified atom stereocenters. The number of hydrogen-bond donors (Lipinski definition) is 0. The van der Waals surface area contributed by atoms with Crippen molar-refractivity contribution in [3.63, 3.8) is 0 Å². The highest BCUT2D eigenvalue weighted by Gasteiger charge is 2.21. The molecule has 28 heavy (non-hydrogen) atoms. The Hall–Kier alpha value is -2.37. The second kappa shape index (κ2) is 9.22. The zero-order valence-electron chi connectivity index (χ0n) is 16.1. The summed E-state index contributed by atoms with van der Waals surface area (Å²) in [6.07, 6.45) is 5.15. The second-order valence-corrected chi connectivity index (χ2v) is 7.32. The molecule has 1 aromatic heterocycles. The highest BCUT2D eigenvalue weighted by Crippen LogP contribution is 2.21. The molecule has 3 rings (SSSR count). The minimum Gasteiger partial charge on any atom is -0.454 e. The zero-order chi connectivity index (χ0) is 20.1. The van der Waals surface area contributed by atoms with E-state index in [0.717, 1.165) is 37.4 Å². The van der Waals surface area contributed by atoms with Gasteiger partial charge in [-0.3, -0.25) is 4.79 Å². The number of benzene rings is 1. The number of ether oxygens (including phenoxy) is 2. The van der Waals surface area contributed by atoms with Crippen LogP contribution in [0.5, 0.6) is 0 Å². The highest BCUT2D eigenvalue weighted by atomic mass is 35.5. The number of rotatable bonds is 7. The Bertz CT molecular complexity index is 894. The first-order valence-corrected chi connectivity index (χ1v) is 9.74. The van der Waals surface area contributed by atoms with Crippen molar-refractivity contribution >= 4 is 29.4 Å². The molecular weight excluding hydrogens is 378 g/mol. The molecule has 0 amide bonds. The van der Waals surface area contributed by atoms with Gasteiger partial charge >= 0.3 is 5.97 Å². The lowest BCUT2D eigenvalue weighted by atomic mass is 10.1. The number of carbonyl (C=O) groups is 2. The fourth-order valence-corrected chi connectivity index (χ4v) is 3.59. The molecule has 5 nitrogen and oxygen atoms in total. The number of halogens is 1. The maximum Gasteiger partial charge on any atom is 0.331 e. The van der Waals surface area contributed by atoms with Crippen LogP contribution in [0.25, 0.3) is 6.08 Å². The first-order chi connectivity index (χ1) is 13.5. The third-order valence-electron chi connectivity index (χ3n) is 4.93. The molecule has 1 aromatic carbocycles.